The van der Waals surface area contributed by atoms with E-state index in [1.54, 1.807) is 13.8 Å². The maximum absolute atomic E-state index is 11.1. The standard InChI is InChI=1S/C8H14ClNO3/c1-5(7(11)4-9)6(2)10-8(12)13-3/h5-6H,4H2,1-3H3,(H,10,12). The molecule has 1 amide bonds. The molecule has 0 aliphatic carbocycles. The first kappa shape index (κ1) is 12.2. The average molecular weight is 208 g/mol. The quantitative estimate of drug-likeness (QED) is 0.705. The SMILES string of the molecule is COC(=O)NC(C)C(C)C(=O)CCl. The Kier molecular flexibility index (Phi) is 5.46. The largest absolute Gasteiger partial charge is 0.453 e. The number of alkyl carbamates (subject to hydrolysis) is 1. The molecule has 0 aliphatic heterocycles. The Balaban J connectivity index is 4.02. The second kappa shape index (κ2) is 5.80. The Morgan fingerprint density at radius 1 is 1.46 bits per heavy atom. The molecule has 0 fully saturated rings. The van der Waals surface area contributed by atoms with Crippen LogP contribution in [0.4, 0.5) is 4.79 Å². The molecule has 5 heteroatoms. The molecular weight excluding hydrogens is 194 g/mol. The Morgan fingerprint density at radius 2 is 2.00 bits per heavy atom. The molecule has 76 valence electrons. The minimum atomic E-state index is -0.540. The highest BCUT2D eigenvalue weighted by atomic mass is 35.5. The fourth-order valence-corrected chi connectivity index (χ4v) is 1.01. The van der Waals surface area contributed by atoms with Gasteiger partial charge in [-0.2, -0.15) is 0 Å². The molecule has 0 aromatic carbocycles. The highest BCUT2D eigenvalue weighted by Gasteiger charge is 2.20. The summed E-state index contributed by atoms with van der Waals surface area (Å²) in [6, 6.07) is -0.265. The number of ether oxygens (including phenoxy) is 1. The monoisotopic (exact) mass is 207 g/mol. The minimum absolute atomic E-state index is 0.0334. The van der Waals surface area contributed by atoms with Gasteiger partial charge in [0.05, 0.1) is 13.0 Å². The number of carbonyl (C=O) groups is 2. The van der Waals surface area contributed by atoms with Crippen LogP contribution in [0.15, 0.2) is 0 Å². The summed E-state index contributed by atoms with van der Waals surface area (Å²) >= 11 is 5.37. The summed E-state index contributed by atoms with van der Waals surface area (Å²) in [4.78, 5) is 21.9. The average Bonchev–Trinajstić information content (AvgIpc) is 2.14. The molecule has 1 N–H and O–H groups in total. The van der Waals surface area contributed by atoms with Gasteiger partial charge >= 0.3 is 6.09 Å². The van der Waals surface area contributed by atoms with Crippen LogP contribution in [0.5, 0.6) is 0 Å². The summed E-state index contributed by atoms with van der Waals surface area (Å²) in [6.45, 7) is 3.44. The van der Waals surface area contributed by atoms with Crippen molar-refractivity contribution >= 4 is 23.5 Å². The van der Waals surface area contributed by atoms with Crippen molar-refractivity contribution in [3.63, 3.8) is 0 Å². The normalized spacial score (nSPS) is 14.5. The maximum Gasteiger partial charge on any atom is 0.407 e. The number of rotatable bonds is 4. The molecular formula is C8H14ClNO3. The number of hydrogen-bond donors (Lipinski definition) is 1. The fourth-order valence-electron chi connectivity index (χ4n) is 0.770. The minimum Gasteiger partial charge on any atom is -0.453 e. The summed E-state index contributed by atoms with van der Waals surface area (Å²) < 4.78 is 4.39. The van der Waals surface area contributed by atoms with E-state index >= 15 is 0 Å². The highest BCUT2D eigenvalue weighted by molar-refractivity contribution is 6.27. The molecule has 0 aromatic rings. The van der Waals surface area contributed by atoms with E-state index in [2.05, 4.69) is 10.1 Å². The first-order valence-corrected chi connectivity index (χ1v) is 4.49. The molecule has 0 aromatic heterocycles. The van der Waals surface area contributed by atoms with Crippen LogP contribution in [-0.2, 0) is 9.53 Å². The Bertz CT molecular complexity index is 196. The van der Waals surface area contributed by atoms with Gasteiger partial charge in [-0.3, -0.25) is 4.79 Å². The fraction of sp³-hybridized carbons (Fsp3) is 0.750. The van der Waals surface area contributed by atoms with Gasteiger partial charge in [-0.1, -0.05) is 6.92 Å². The van der Waals surface area contributed by atoms with Gasteiger partial charge < -0.3 is 10.1 Å². The number of hydrogen-bond acceptors (Lipinski definition) is 3. The first-order valence-electron chi connectivity index (χ1n) is 3.96. The summed E-state index contributed by atoms with van der Waals surface area (Å²) in [5.41, 5.74) is 0. The van der Waals surface area contributed by atoms with Gasteiger partial charge in [0, 0.05) is 12.0 Å². The number of alkyl halides is 1. The molecule has 0 saturated heterocycles. The van der Waals surface area contributed by atoms with Gasteiger partial charge in [0.2, 0.25) is 0 Å². The molecule has 0 spiro atoms. The van der Waals surface area contributed by atoms with Gasteiger partial charge in [-0.15, -0.1) is 11.6 Å². The number of Topliss-reactive ketones (excluding diaryl/α,β-unsaturated/α-hetero) is 1. The number of amides is 1. The van der Waals surface area contributed by atoms with E-state index in [4.69, 9.17) is 11.6 Å². The van der Waals surface area contributed by atoms with Gasteiger partial charge in [0.25, 0.3) is 0 Å². The third kappa shape index (κ3) is 4.12. The van der Waals surface area contributed by atoms with Gasteiger partial charge in [0.15, 0.2) is 5.78 Å². The van der Waals surface area contributed by atoms with Crippen LogP contribution in [0, 0.1) is 5.92 Å². The van der Waals surface area contributed by atoms with Crippen molar-refractivity contribution in [2.24, 2.45) is 5.92 Å². The third-order valence-corrected chi connectivity index (χ3v) is 2.18. The molecule has 13 heavy (non-hydrogen) atoms. The topological polar surface area (TPSA) is 55.4 Å². The zero-order valence-electron chi connectivity index (χ0n) is 7.96. The first-order chi connectivity index (χ1) is 6.02. The number of methoxy groups -OCH3 is 1. The van der Waals surface area contributed by atoms with Gasteiger partial charge in [-0.25, -0.2) is 4.79 Å². The van der Waals surface area contributed by atoms with Crippen molar-refractivity contribution in [1.82, 2.24) is 5.32 Å². The van der Waals surface area contributed by atoms with Crippen LogP contribution >= 0.6 is 11.6 Å². The molecule has 0 bridgehead atoms. The van der Waals surface area contributed by atoms with E-state index in [0.29, 0.717) is 0 Å². The lowest BCUT2D eigenvalue weighted by Crippen LogP contribution is -2.40. The van der Waals surface area contributed by atoms with Crippen molar-refractivity contribution < 1.29 is 14.3 Å². The third-order valence-electron chi connectivity index (χ3n) is 1.92. The van der Waals surface area contributed by atoms with Gasteiger partial charge in [-0.05, 0) is 6.92 Å². The van der Waals surface area contributed by atoms with Crippen LogP contribution in [-0.4, -0.2) is 30.9 Å². The molecule has 2 unspecified atom stereocenters. The van der Waals surface area contributed by atoms with E-state index < -0.39 is 6.09 Å². The molecule has 4 nitrogen and oxygen atoms in total. The second-order valence-corrected chi connectivity index (χ2v) is 3.08. The number of nitrogens with one attached hydrogen (secondary N) is 1. The summed E-state index contributed by atoms with van der Waals surface area (Å²) in [5, 5.41) is 2.50. The van der Waals surface area contributed by atoms with Crippen molar-refractivity contribution in [2.45, 2.75) is 19.9 Å². The van der Waals surface area contributed by atoms with Crippen molar-refractivity contribution in [3.8, 4) is 0 Å². The van der Waals surface area contributed by atoms with Crippen molar-refractivity contribution in [1.29, 1.82) is 0 Å². The maximum atomic E-state index is 11.1. The molecule has 0 heterocycles. The lowest BCUT2D eigenvalue weighted by Gasteiger charge is -2.18. The molecule has 0 radical (unpaired) electrons. The number of halogens is 1. The predicted octanol–water partition coefficient (Wildman–Crippen LogP) is 1.17. The van der Waals surface area contributed by atoms with Gasteiger partial charge in [0.1, 0.15) is 0 Å². The number of ketones is 1. The van der Waals surface area contributed by atoms with Crippen molar-refractivity contribution in [2.75, 3.05) is 13.0 Å². The zero-order valence-corrected chi connectivity index (χ0v) is 8.72. The summed E-state index contributed by atoms with van der Waals surface area (Å²) in [6.07, 6.45) is -0.540. The van der Waals surface area contributed by atoms with E-state index in [9.17, 15) is 9.59 Å². The van der Waals surface area contributed by atoms with Crippen LogP contribution in [0.1, 0.15) is 13.8 Å². The summed E-state index contributed by atoms with van der Waals surface area (Å²) in [5.74, 6) is -0.420. The van der Waals surface area contributed by atoms with Crippen LogP contribution in [0.2, 0.25) is 0 Å². The van der Waals surface area contributed by atoms with E-state index in [0.717, 1.165) is 0 Å². The Hall–Kier alpha value is -0.770. The van der Waals surface area contributed by atoms with E-state index in [1.165, 1.54) is 7.11 Å². The Labute approximate surface area is 82.6 Å². The molecule has 0 rings (SSSR count). The van der Waals surface area contributed by atoms with Crippen molar-refractivity contribution in [3.05, 3.63) is 0 Å². The lowest BCUT2D eigenvalue weighted by atomic mass is 10.00. The second-order valence-electron chi connectivity index (χ2n) is 2.81. The summed E-state index contributed by atoms with van der Waals surface area (Å²) in [7, 11) is 1.27. The molecule has 0 saturated carbocycles. The smallest absolute Gasteiger partial charge is 0.407 e. The molecule has 2 atom stereocenters. The lowest BCUT2D eigenvalue weighted by molar-refractivity contribution is -0.120. The van der Waals surface area contributed by atoms with Crippen LogP contribution < -0.4 is 5.32 Å². The number of carbonyl (C=O) groups excluding carboxylic acids is 2. The Morgan fingerprint density at radius 3 is 2.38 bits per heavy atom. The zero-order chi connectivity index (χ0) is 10.4. The van der Waals surface area contributed by atoms with E-state index in [-0.39, 0.29) is 23.6 Å². The highest BCUT2D eigenvalue weighted by Crippen LogP contribution is 2.05. The van der Waals surface area contributed by atoms with E-state index in [1.807, 2.05) is 0 Å². The van der Waals surface area contributed by atoms with Crippen LogP contribution in [0.3, 0.4) is 0 Å². The predicted molar refractivity (Wildman–Crippen MR) is 49.9 cm³/mol. The van der Waals surface area contributed by atoms with Crippen LogP contribution in [0.25, 0.3) is 0 Å². The molecule has 0 aliphatic rings.